The molecule has 34 heteroatoms. The molecule has 9 fully saturated rings. The van der Waals surface area contributed by atoms with Crippen molar-refractivity contribution in [3.63, 3.8) is 0 Å². The van der Waals surface area contributed by atoms with Gasteiger partial charge in [0, 0.05) is 12.8 Å². The second-order valence-electron chi connectivity index (χ2n) is 29.9. The van der Waals surface area contributed by atoms with Crippen LogP contribution in [0.3, 0.4) is 0 Å². The molecule has 0 spiro atoms. The van der Waals surface area contributed by atoms with Crippen molar-refractivity contribution < 1.29 is 160 Å². The molecule has 0 aromatic heterocycles. The Hall–Kier alpha value is -1.84. The predicted octanol–water partition coefficient (Wildman–Crippen LogP) is -4.46. The zero-order valence-corrected chi connectivity index (χ0v) is 56.6. The number of carbonyl (C=O) groups excluding carboxylic acids is 1. The van der Waals surface area contributed by atoms with Crippen LogP contribution in [0.1, 0.15) is 120 Å². The first-order chi connectivity index (χ1) is 45.3. The van der Waals surface area contributed by atoms with Gasteiger partial charge < -0.3 is 139 Å². The van der Waals surface area contributed by atoms with Crippen molar-refractivity contribution in [3.05, 3.63) is 11.6 Å². The molecule has 0 bridgehead atoms. The predicted molar refractivity (Wildman–Crippen MR) is 323 cm³/mol. The molecule has 6 aliphatic heterocycles. The van der Waals surface area contributed by atoms with Crippen LogP contribution >= 0.6 is 0 Å². The second-order valence-corrected chi connectivity index (χ2v) is 31.0. The van der Waals surface area contributed by atoms with Crippen molar-refractivity contribution in [1.82, 2.24) is 0 Å². The molecule has 0 unspecified atom stereocenters. The number of aliphatic hydroxyl groups excluding tert-OH is 15. The molecule has 10 aliphatic rings. The van der Waals surface area contributed by atoms with E-state index in [4.69, 9.17) is 61.0 Å². The van der Waals surface area contributed by atoms with Gasteiger partial charge in [0.25, 0.3) is 0 Å². The van der Waals surface area contributed by atoms with Gasteiger partial charge in [-0.25, -0.2) is 4.18 Å². The minimum Gasteiger partial charge on any atom is -0.394 e. The zero-order valence-electron chi connectivity index (χ0n) is 55.8. The van der Waals surface area contributed by atoms with E-state index in [9.17, 15) is 99.5 Å². The quantitative estimate of drug-likeness (QED) is 0.0381. The number of Topliss-reactive ketones (excluding diaryl/α,β-unsaturated/α-hetero) is 1. The van der Waals surface area contributed by atoms with E-state index in [1.807, 2.05) is 13.8 Å². The minimum atomic E-state index is -4.92. The van der Waals surface area contributed by atoms with Gasteiger partial charge in [0.1, 0.15) is 128 Å². The molecule has 560 valence electrons. The number of ketones is 1. The number of ether oxygens (including phenoxy) is 12. The van der Waals surface area contributed by atoms with Crippen LogP contribution in [0.2, 0.25) is 0 Å². The lowest BCUT2D eigenvalue weighted by Gasteiger charge is -2.60. The van der Waals surface area contributed by atoms with Crippen LogP contribution in [0.5, 0.6) is 0 Å². The molecule has 97 heavy (non-hydrogen) atoms. The van der Waals surface area contributed by atoms with Crippen LogP contribution in [-0.2, 0) is 76.2 Å². The van der Waals surface area contributed by atoms with Gasteiger partial charge in [0.05, 0.1) is 55.4 Å². The smallest absolute Gasteiger partial charge is 0.394 e. The lowest BCUT2D eigenvalue weighted by atomic mass is 9.47. The fourth-order valence-corrected chi connectivity index (χ4v) is 18.1. The average molecular weight is 1420 g/mol. The monoisotopic (exact) mass is 1420 g/mol. The van der Waals surface area contributed by atoms with Gasteiger partial charge in [-0.2, -0.15) is 8.42 Å². The third-order valence-corrected chi connectivity index (χ3v) is 23.2. The van der Waals surface area contributed by atoms with E-state index < -0.39 is 242 Å². The maximum Gasteiger partial charge on any atom is 0.397 e. The Balaban J connectivity index is 0.938. The summed E-state index contributed by atoms with van der Waals surface area (Å²) >= 11 is 0. The maximum atomic E-state index is 13.3. The Bertz CT molecular complexity index is 2790. The number of fused-ring (bicyclic) bond motifs is 5. The van der Waals surface area contributed by atoms with Crippen molar-refractivity contribution in [2.75, 3.05) is 13.2 Å². The first-order valence-electron chi connectivity index (χ1n) is 33.9. The minimum absolute atomic E-state index is 0.0126. The summed E-state index contributed by atoms with van der Waals surface area (Å²) in [6.45, 7) is 13.4. The summed E-state index contributed by atoms with van der Waals surface area (Å²) in [5.41, 5.74) is -1.39. The zero-order chi connectivity index (χ0) is 71.2. The Morgan fingerprint density at radius 1 is 0.546 bits per heavy atom. The topological polar surface area (TPSA) is 515 Å². The summed E-state index contributed by atoms with van der Waals surface area (Å²) in [4.78, 5) is 13.3. The molecular weight excluding hydrogens is 1320 g/mol. The Morgan fingerprint density at radius 3 is 1.58 bits per heavy atom. The average Bonchev–Trinajstić information content (AvgIpc) is 1.67. The van der Waals surface area contributed by atoms with E-state index >= 15 is 0 Å². The van der Waals surface area contributed by atoms with Crippen LogP contribution in [-0.4, -0.2) is 316 Å². The Labute approximate surface area is 562 Å². The van der Waals surface area contributed by atoms with Crippen molar-refractivity contribution >= 4 is 16.2 Å². The van der Waals surface area contributed by atoms with E-state index in [-0.39, 0.29) is 55.1 Å². The number of aliphatic hydroxyl groups is 16. The summed E-state index contributed by atoms with van der Waals surface area (Å²) in [6, 6.07) is 0. The number of rotatable bonds is 21. The molecule has 6 saturated heterocycles. The fourth-order valence-electron chi connectivity index (χ4n) is 17.5. The molecule has 6 heterocycles. The summed E-state index contributed by atoms with van der Waals surface area (Å²) in [6.07, 6.45) is -50.8. The second kappa shape index (κ2) is 30.3. The molecule has 0 radical (unpaired) electrons. The summed E-state index contributed by atoms with van der Waals surface area (Å²) in [5.74, 6) is -0.986. The molecule has 0 aromatic rings. The van der Waals surface area contributed by atoms with Crippen molar-refractivity contribution in [1.29, 1.82) is 0 Å². The van der Waals surface area contributed by atoms with Crippen molar-refractivity contribution in [3.8, 4) is 0 Å². The Morgan fingerprint density at radius 2 is 1.02 bits per heavy atom. The standard InChI is InChI=1S/C63H104O33S/c1-22(2)16-27(66)19-63(9,80)36-11-10-30-29-18-33(32-17-28(96-97(81,82)83)12-14-61(32,7)31(29)13-15-62(30,36)8)88-58-49(79)52(39(69)25(5)86-58)93-59-53(94-55-44(74)41(71)37(67)23(3)84-55)47(77)50(26(6)87-59)91-60-54(95-56-45(75)42(72)38(68)24(4)85-56)48(78)51(35(21-65)90-60)92-57-46(76)43(73)40(70)34(20-64)89-57/h13,22-26,28-30,32-60,64-65,67-80H,10-12,14-21H2,1-9H3,(H,81,82,83)/t23-,24-,25-,26-,28+,29+,30+,32-,33+,34-,35-,36+,37-,38+,39-,40-,41+,42+,43+,44-,45-,46-,47+,48+,49-,50-,51-,52+,53-,54-,55+,56+,57+,58+,59+,60+,61-,62+,63+/m1/s1. The highest BCUT2D eigenvalue weighted by atomic mass is 32.3. The summed E-state index contributed by atoms with van der Waals surface area (Å²) < 4.78 is 114. The van der Waals surface area contributed by atoms with Gasteiger partial charge in [0.15, 0.2) is 37.7 Å². The molecule has 10 rings (SSSR count). The maximum absolute atomic E-state index is 13.3. The lowest BCUT2D eigenvalue weighted by Crippen LogP contribution is -2.69. The largest absolute Gasteiger partial charge is 0.397 e. The van der Waals surface area contributed by atoms with Crippen molar-refractivity contribution in [2.45, 2.75) is 322 Å². The van der Waals surface area contributed by atoms with E-state index in [1.165, 1.54) is 27.7 Å². The summed E-state index contributed by atoms with van der Waals surface area (Å²) in [5, 5.41) is 180. The fraction of sp³-hybridized carbons (Fsp3) is 0.952. The molecule has 0 aromatic carbocycles. The lowest BCUT2D eigenvalue weighted by molar-refractivity contribution is -0.413. The first kappa shape index (κ1) is 77.8. The molecule has 0 amide bonds. The van der Waals surface area contributed by atoms with Gasteiger partial charge in [0.2, 0.25) is 0 Å². The number of allylic oxidation sites excluding steroid dienone is 2. The van der Waals surface area contributed by atoms with Crippen LogP contribution in [0.15, 0.2) is 11.6 Å². The normalized spacial score (nSPS) is 52.0. The number of hydrogen-bond acceptors (Lipinski definition) is 32. The van der Waals surface area contributed by atoms with Crippen LogP contribution < -0.4 is 0 Å². The molecule has 3 saturated carbocycles. The first-order valence-corrected chi connectivity index (χ1v) is 35.2. The van der Waals surface area contributed by atoms with Gasteiger partial charge in [-0.3, -0.25) is 9.35 Å². The highest BCUT2D eigenvalue weighted by molar-refractivity contribution is 7.80. The van der Waals surface area contributed by atoms with Gasteiger partial charge >= 0.3 is 10.4 Å². The van der Waals surface area contributed by atoms with Crippen LogP contribution in [0, 0.1) is 40.4 Å². The molecule has 39 atom stereocenters. The number of hydrogen-bond donors (Lipinski definition) is 17. The summed E-state index contributed by atoms with van der Waals surface area (Å²) in [7, 11) is -4.92. The van der Waals surface area contributed by atoms with Crippen molar-refractivity contribution in [2.24, 2.45) is 40.4 Å². The van der Waals surface area contributed by atoms with Gasteiger partial charge in [-0.15, -0.1) is 0 Å². The Kier molecular flexibility index (Phi) is 24.3. The molecule has 17 N–H and O–H groups in total. The molecule has 4 aliphatic carbocycles. The van der Waals surface area contributed by atoms with E-state index in [0.29, 0.717) is 32.1 Å². The molecule has 33 nitrogen and oxygen atoms in total. The third kappa shape index (κ3) is 15.5. The van der Waals surface area contributed by atoms with Crippen LogP contribution in [0.4, 0.5) is 0 Å². The van der Waals surface area contributed by atoms with Gasteiger partial charge in [-0.05, 0) is 120 Å². The molecular formula is C63H104O33S. The van der Waals surface area contributed by atoms with E-state index in [0.717, 1.165) is 5.57 Å². The highest BCUT2D eigenvalue weighted by Gasteiger charge is 2.64. The van der Waals surface area contributed by atoms with E-state index in [1.54, 1.807) is 6.92 Å². The van der Waals surface area contributed by atoms with Gasteiger partial charge in [-0.1, -0.05) is 39.3 Å². The van der Waals surface area contributed by atoms with E-state index in [2.05, 4.69) is 19.9 Å². The number of carbonyl (C=O) groups is 1. The van der Waals surface area contributed by atoms with Crippen LogP contribution in [0.25, 0.3) is 0 Å². The SMILES string of the molecule is CC(C)CC(=O)C[C@](C)(O)[C@H]1CC[C@H]2[C@@H]3C[C@H](O[C@@H]4O[C@H](C)[C@@H](O)[C@H](O[C@@H]5O[C@H](C)[C@@H](O[C@@H]6O[C@H](CO)[C@@H](O[C@@H]7O[C@H](CO)[C@@H](O)[C@H](O)[C@H]7O)[C@H](O)[C@H]6O[C@@H]6O[C@H](C)[C@H](O)[C@H](O)[C@H]6O)[C@H](O)[C@H]5O[C@@H]5O[C@H](C)[C@@H](O)[C@H](O)[C@H]5O)[C@H]4O)[C@H]4C[C@@H](OS(=O)(=O)O)CC[C@]4(C)C3=CC[C@@]21C. The highest BCUT2D eigenvalue weighted by Crippen LogP contribution is 2.67. The third-order valence-electron chi connectivity index (χ3n) is 22.7.